The molecule has 0 bridgehead atoms. The molecule has 0 aromatic heterocycles. The molecule has 0 radical (unpaired) electrons. The number of amides is 1. The lowest BCUT2D eigenvalue weighted by atomic mass is 10.1. The number of carbonyl (C=O) groups is 1. The van der Waals surface area contributed by atoms with Gasteiger partial charge in [0.2, 0.25) is 0 Å². The summed E-state index contributed by atoms with van der Waals surface area (Å²) in [5.41, 5.74) is 0.809. The topological polar surface area (TPSA) is 50.8 Å². The summed E-state index contributed by atoms with van der Waals surface area (Å²) in [6, 6.07) is 13.4. The Morgan fingerprint density at radius 2 is 1.78 bits per heavy atom. The minimum atomic E-state index is -0.291. The first-order valence-corrected chi connectivity index (χ1v) is 9.04. The van der Waals surface area contributed by atoms with Crippen LogP contribution in [0.3, 0.4) is 0 Å². The smallest absolute Gasteiger partial charge is 0.258 e. The molecule has 2 aromatic rings. The van der Waals surface area contributed by atoms with Crippen molar-refractivity contribution >= 4 is 5.91 Å². The summed E-state index contributed by atoms with van der Waals surface area (Å²) < 4.78 is 24.5. The van der Waals surface area contributed by atoms with Crippen LogP contribution >= 0.6 is 0 Å². The SMILES string of the molecule is CCCOc1ccc(OCC(=O)NCC(c2cccc(F)c2)N(C)C)cc1. The van der Waals surface area contributed by atoms with Crippen molar-refractivity contribution in [3.8, 4) is 11.5 Å². The van der Waals surface area contributed by atoms with E-state index < -0.39 is 0 Å². The normalized spacial score (nSPS) is 11.9. The van der Waals surface area contributed by atoms with Crippen LogP contribution in [0, 0.1) is 5.82 Å². The summed E-state index contributed by atoms with van der Waals surface area (Å²) in [5.74, 6) is 0.853. The summed E-state index contributed by atoms with van der Waals surface area (Å²) in [6.07, 6.45) is 0.946. The molecule has 0 aliphatic carbocycles. The molecular formula is C21H27FN2O3. The second-order valence-electron chi connectivity index (χ2n) is 6.45. The number of ether oxygens (including phenoxy) is 2. The van der Waals surface area contributed by atoms with Crippen molar-refractivity contribution in [2.75, 3.05) is 33.9 Å². The molecular weight excluding hydrogens is 347 g/mol. The van der Waals surface area contributed by atoms with Crippen molar-refractivity contribution in [2.24, 2.45) is 0 Å². The first-order valence-electron chi connectivity index (χ1n) is 9.04. The Bertz CT molecular complexity index is 720. The average molecular weight is 374 g/mol. The first kappa shape index (κ1) is 20.7. The molecule has 1 atom stereocenters. The second-order valence-corrected chi connectivity index (χ2v) is 6.45. The van der Waals surface area contributed by atoms with Gasteiger partial charge >= 0.3 is 0 Å². The third-order valence-electron chi connectivity index (χ3n) is 4.02. The summed E-state index contributed by atoms with van der Waals surface area (Å²) in [4.78, 5) is 14.0. The lowest BCUT2D eigenvalue weighted by Crippen LogP contribution is -2.36. The molecule has 146 valence electrons. The number of benzene rings is 2. The number of carbonyl (C=O) groups excluding carboxylic acids is 1. The molecule has 0 heterocycles. The molecule has 1 N–H and O–H groups in total. The van der Waals surface area contributed by atoms with Gasteiger partial charge in [0.15, 0.2) is 6.61 Å². The van der Waals surface area contributed by atoms with E-state index in [4.69, 9.17) is 9.47 Å². The molecule has 5 nitrogen and oxygen atoms in total. The highest BCUT2D eigenvalue weighted by molar-refractivity contribution is 5.77. The van der Waals surface area contributed by atoms with Gasteiger partial charge in [-0.2, -0.15) is 0 Å². The molecule has 2 rings (SSSR count). The molecule has 0 aliphatic heterocycles. The van der Waals surface area contributed by atoms with Crippen LogP contribution < -0.4 is 14.8 Å². The first-order chi connectivity index (χ1) is 13.0. The number of likely N-dealkylation sites (N-methyl/N-ethyl adjacent to an activating group) is 1. The minimum Gasteiger partial charge on any atom is -0.494 e. The molecule has 6 heteroatoms. The van der Waals surface area contributed by atoms with Gasteiger partial charge in [-0.15, -0.1) is 0 Å². The van der Waals surface area contributed by atoms with Crippen LogP contribution in [0.5, 0.6) is 11.5 Å². The Morgan fingerprint density at radius 1 is 1.11 bits per heavy atom. The zero-order valence-electron chi connectivity index (χ0n) is 16.1. The van der Waals surface area contributed by atoms with Gasteiger partial charge in [-0.1, -0.05) is 19.1 Å². The lowest BCUT2D eigenvalue weighted by Gasteiger charge is -2.25. The van der Waals surface area contributed by atoms with Gasteiger partial charge in [-0.05, 0) is 62.5 Å². The number of nitrogens with zero attached hydrogens (tertiary/aromatic N) is 1. The summed E-state index contributed by atoms with van der Waals surface area (Å²) in [7, 11) is 3.78. The molecule has 2 aromatic carbocycles. The highest BCUT2D eigenvalue weighted by Gasteiger charge is 2.16. The highest BCUT2D eigenvalue weighted by atomic mass is 19.1. The Kier molecular flexibility index (Phi) is 8.07. The fourth-order valence-electron chi connectivity index (χ4n) is 2.57. The van der Waals surface area contributed by atoms with Crippen LogP contribution in [0.25, 0.3) is 0 Å². The van der Waals surface area contributed by atoms with Gasteiger partial charge < -0.3 is 19.7 Å². The number of halogens is 1. The van der Waals surface area contributed by atoms with E-state index in [0.29, 0.717) is 18.9 Å². The number of hydrogen-bond acceptors (Lipinski definition) is 4. The fourth-order valence-corrected chi connectivity index (χ4v) is 2.57. The Morgan fingerprint density at radius 3 is 2.37 bits per heavy atom. The van der Waals surface area contributed by atoms with Gasteiger partial charge in [-0.25, -0.2) is 4.39 Å². The fraction of sp³-hybridized carbons (Fsp3) is 0.381. The monoisotopic (exact) mass is 374 g/mol. The standard InChI is InChI=1S/C21H27FN2O3/c1-4-12-26-18-8-10-19(11-9-18)27-15-21(25)23-14-20(24(2)3)16-6-5-7-17(22)13-16/h5-11,13,20H,4,12,14-15H2,1-3H3,(H,23,25). The molecule has 0 fully saturated rings. The predicted octanol–water partition coefficient (Wildman–Crippen LogP) is 3.41. The largest absolute Gasteiger partial charge is 0.494 e. The minimum absolute atomic E-state index is 0.0849. The Hall–Kier alpha value is -2.60. The van der Waals surface area contributed by atoms with E-state index in [1.165, 1.54) is 12.1 Å². The zero-order chi connectivity index (χ0) is 19.6. The quantitative estimate of drug-likeness (QED) is 0.692. The number of rotatable bonds is 10. The van der Waals surface area contributed by atoms with Crippen molar-refractivity contribution in [1.82, 2.24) is 10.2 Å². The molecule has 0 saturated heterocycles. The second kappa shape index (κ2) is 10.5. The van der Waals surface area contributed by atoms with Crippen LogP contribution in [0.2, 0.25) is 0 Å². The van der Waals surface area contributed by atoms with Gasteiger partial charge in [0.25, 0.3) is 5.91 Å². The Labute approximate surface area is 160 Å². The van der Waals surface area contributed by atoms with E-state index in [0.717, 1.165) is 17.7 Å². The van der Waals surface area contributed by atoms with Crippen molar-refractivity contribution in [3.05, 3.63) is 59.9 Å². The molecule has 1 unspecified atom stereocenters. The van der Waals surface area contributed by atoms with E-state index >= 15 is 0 Å². The highest BCUT2D eigenvalue weighted by Crippen LogP contribution is 2.19. The maximum absolute atomic E-state index is 13.5. The number of nitrogens with one attached hydrogen (secondary N) is 1. The summed E-state index contributed by atoms with van der Waals surface area (Å²) >= 11 is 0. The third-order valence-corrected chi connectivity index (χ3v) is 4.02. The van der Waals surface area contributed by atoms with Crippen molar-refractivity contribution < 1.29 is 18.7 Å². The van der Waals surface area contributed by atoms with E-state index in [-0.39, 0.29) is 24.4 Å². The lowest BCUT2D eigenvalue weighted by molar-refractivity contribution is -0.123. The maximum Gasteiger partial charge on any atom is 0.258 e. The third kappa shape index (κ3) is 6.90. The summed E-state index contributed by atoms with van der Waals surface area (Å²) in [5, 5.41) is 2.84. The summed E-state index contributed by atoms with van der Waals surface area (Å²) in [6.45, 7) is 2.99. The van der Waals surface area contributed by atoms with Crippen molar-refractivity contribution in [1.29, 1.82) is 0 Å². The van der Waals surface area contributed by atoms with Gasteiger partial charge in [0.1, 0.15) is 17.3 Å². The molecule has 1 amide bonds. The van der Waals surface area contributed by atoms with E-state index in [1.54, 1.807) is 18.2 Å². The molecule has 27 heavy (non-hydrogen) atoms. The van der Waals surface area contributed by atoms with Crippen LogP contribution in [0.1, 0.15) is 24.9 Å². The van der Waals surface area contributed by atoms with E-state index in [2.05, 4.69) is 5.32 Å². The van der Waals surface area contributed by atoms with Crippen LogP contribution in [0.4, 0.5) is 4.39 Å². The molecule has 0 spiro atoms. The zero-order valence-corrected chi connectivity index (χ0v) is 16.1. The van der Waals surface area contributed by atoms with Gasteiger partial charge in [0.05, 0.1) is 12.6 Å². The van der Waals surface area contributed by atoms with E-state index in [9.17, 15) is 9.18 Å². The van der Waals surface area contributed by atoms with Gasteiger partial charge in [-0.3, -0.25) is 4.79 Å². The van der Waals surface area contributed by atoms with E-state index in [1.807, 2.05) is 44.1 Å². The average Bonchev–Trinajstić information content (AvgIpc) is 2.65. The maximum atomic E-state index is 13.5. The van der Waals surface area contributed by atoms with Gasteiger partial charge in [0, 0.05) is 6.54 Å². The predicted molar refractivity (Wildman–Crippen MR) is 104 cm³/mol. The number of hydrogen-bond donors (Lipinski definition) is 1. The van der Waals surface area contributed by atoms with Crippen LogP contribution in [0.15, 0.2) is 48.5 Å². The van der Waals surface area contributed by atoms with Crippen LogP contribution in [-0.2, 0) is 4.79 Å². The van der Waals surface area contributed by atoms with Crippen molar-refractivity contribution in [3.63, 3.8) is 0 Å². The van der Waals surface area contributed by atoms with Crippen LogP contribution in [-0.4, -0.2) is 44.7 Å². The van der Waals surface area contributed by atoms with Crippen molar-refractivity contribution in [2.45, 2.75) is 19.4 Å². The Balaban J connectivity index is 1.82. The molecule has 0 saturated carbocycles. The molecule has 0 aliphatic rings.